The van der Waals surface area contributed by atoms with Gasteiger partial charge in [-0.2, -0.15) is 13.4 Å². The minimum atomic E-state index is -4.24. The van der Waals surface area contributed by atoms with Crippen LogP contribution in [0, 0.1) is 0 Å². The number of rotatable bonds is 2. The summed E-state index contributed by atoms with van der Waals surface area (Å²) in [7, 11) is -4.24. The minimum Gasteiger partial charge on any atom is -0.369 e. The molecule has 1 aliphatic carbocycles. The van der Waals surface area contributed by atoms with Crippen molar-refractivity contribution >= 4 is 38.5 Å². The van der Waals surface area contributed by atoms with Gasteiger partial charge in [-0.1, -0.05) is 18.6 Å². The Hall–Kier alpha value is -2.65. The van der Waals surface area contributed by atoms with E-state index in [4.69, 9.17) is 11.5 Å². The van der Waals surface area contributed by atoms with E-state index in [0.29, 0.717) is 11.3 Å². The number of guanidine groups is 2. The zero-order valence-electron chi connectivity index (χ0n) is 14.7. The summed E-state index contributed by atoms with van der Waals surface area (Å²) >= 11 is 0. The average molecular weight is 387 g/mol. The Morgan fingerprint density at radius 3 is 2.37 bits per heavy atom. The third kappa shape index (κ3) is 3.13. The predicted octanol–water partition coefficient (Wildman–Crippen LogP) is 2.20. The van der Waals surface area contributed by atoms with Gasteiger partial charge in [0.05, 0.1) is 4.90 Å². The summed E-state index contributed by atoms with van der Waals surface area (Å²) in [6.45, 7) is 0. The lowest BCUT2D eigenvalue weighted by molar-refractivity contribution is 0.305. The Morgan fingerprint density at radius 2 is 1.67 bits per heavy atom. The number of benzene rings is 2. The smallest absolute Gasteiger partial charge is 0.294 e. The highest BCUT2D eigenvalue weighted by Gasteiger charge is 2.42. The summed E-state index contributed by atoms with van der Waals surface area (Å²) in [5.41, 5.74) is 12.4. The van der Waals surface area contributed by atoms with Crippen molar-refractivity contribution in [1.82, 2.24) is 0 Å². The van der Waals surface area contributed by atoms with Gasteiger partial charge in [-0.15, -0.1) is 0 Å². The first-order chi connectivity index (χ1) is 12.8. The van der Waals surface area contributed by atoms with E-state index in [1.165, 1.54) is 12.1 Å². The summed E-state index contributed by atoms with van der Waals surface area (Å²) in [6.07, 6.45) is 4.89. The topological polar surface area (TPSA) is 134 Å². The molecule has 0 amide bonds. The third-order valence-electron chi connectivity index (χ3n) is 5.20. The summed E-state index contributed by atoms with van der Waals surface area (Å²) in [6, 6.07) is 10.0. The molecule has 0 radical (unpaired) electrons. The number of nitrogens with two attached hydrogens (primary N) is 2. The second-order valence-corrected chi connectivity index (χ2v) is 8.41. The second-order valence-electron chi connectivity index (χ2n) is 6.99. The number of hydrogen-bond acceptors (Lipinski definition) is 7. The molecule has 0 unspecified atom stereocenters. The molecule has 0 bridgehead atoms. The van der Waals surface area contributed by atoms with E-state index in [0.717, 1.165) is 43.2 Å². The monoisotopic (exact) mass is 387 g/mol. The maximum Gasteiger partial charge on any atom is 0.294 e. The first kappa shape index (κ1) is 17.7. The van der Waals surface area contributed by atoms with E-state index in [2.05, 4.69) is 9.98 Å². The van der Waals surface area contributed by atoms with Gasteiger partial charge in [0.25, 0.3) is 10.1 Å². The van der Waals surface area contributed by atoms with Crippen molar-refractivity contribution < 1.29 is 13.0 Å². The van der Waals surface area contributed by atoms with Crippen molar-refractivity contribution in [3.8, 4) is 0 Å². The molecule has 2 aromatic rings. The summed E-state index contributed by atoms with van der Waals surface area (Å²) in [5.74, 6) is 0.502. The SMILES string of the molecule is NC1=NC2(CCCCC2)N(c2ccc3cc(S(=O)(=O)O)ccc3c2)C(N)=N1. The van der Waals surface area contributed by atoms with E-state index >= 15 is 0 Å². The molecule has 142 valence electrons. The fourth-order valence-corrected chi connectivity index (χ4v) is 4.52. The molecule has 0 aromatic heterocycles. The highest BCUT2D eigenvalue weighted by molar-refractivity contribution is 7.85. The fraction of sp³-hybridized carbons (Fsp3) is 0.333. The molecule has 4 rings (SSSR count). The molecule has 27 heavy (non-hydrogen) atoms. The molecule has 1 spiro atoms. The molecule has 1 heterocycles. The van der Waals surface area contributed by atoms with Gasteiger partial charge in [-0.25, -0.2) is 4.99 Å². The van der Waals surface area contributed by atoms with Gasteiger partial charge >= 0.3 is 0 Å². The van der Waals surface area contributed by atoms with E-state index in [1.54, 1.807) is 12.1 Å². The highest BCUT2D eigenvalue weighted by Crippen LogP contribution is 2.40. The van der Waals surface area contributed by atoms with Crippen LogP contribution in [0.25, 0.3) is 10.8 Å². The zero-order valence-corrected chi connectivity index (χ0v) is 15.5. The Balaban J connectivity index is 1.81. The molecule has 1 fully saturated rings. The first-order valence-corrected chi connectivity index (χ1v) is 10.2. The molecule has 1 aliphatic heterocycles. The molecule has 2 aliphatic rings. The van der Waals surface area contributed by atoms with E-state index in [-0.39, 0.29) is 10.9 Å². The van der Waals surface area contributed by atoms with Crippen LogP contribution in [0.1, 0.15) is 32.1 Å². The summed E-state index contributed by atoms with van der Waals surface area (Å²) < 4.78 is 31.9. The Kier molecular flexibility index (Phi) is 4.08. The van der Waals surface area contributed by atoms with Crippen LogP contribution in [0.2, 0.25) is 0 Å². The number of nitrogens with zero attached hydrogens (tertiary/aromatic N) is 3. The van der Waals surface area contributed by atoms with Crippen LogP contribution in [-0.2, 0) is 10.1 Å². The summed E-state index contributed by atoms with van der Waals surface area (Å²) in [5, 5.41) is 1.52. The van der Waals surface area contributed by atoms with Crippen LogP contribution in [0.4, 0.5) is 5.69 Å². The van der Waals surface area contributed by atoms with Gasteiger partial charge < -0.3 is 11.5 Å². The van der Waals surface area contributed by atoms with E-state index in [9.17, 15) is 13.0 Å². The van der Waals surface area contributed by atoms with Gasteiger partial charge in [0.15, 0.2) is 0 Å². The van der Waals surface area contributed by atoms with Crippen molar-refractivity contribution in [3.63, 3.8) is 0 Å². The zero-order chi connectivity index (χ0) is 19.2. The van der Waals surface area contributed by atoms with Gasteiger partial charge in [-0.3, -0.25) is 9.45 Å². The lowest BCUT2D eigenvalue weighted by atomic mass is 9.87. The number of fused-ring (bicyclic) bond motifs is 1. The molecular weight excluding hydrogens is 366 g/mol. The number of hydrogen-bond donors (Lipinski definition) is 3. The molecular formula is C18H21N5O3S. The molecule has 0 saturated heterocycles. The van der Waals surface area contributed by atoms with Crippen LogP contribution >= 0.6 is 0 Å². The van der Waals surface area contributed by atoms with Crippen LogP contribution in [0.5, 0.6) is 0 Å². The Labute approximate surface area is 157 Å². The van der Waals surface area contributed by atoms with Crippen molar-refractivity contribution in [2.24, 2.45) is 21.5 Å². The fourth-order valence-electron chi connectivity index (χ4n) is 4.01. The number of aliphatic imine (C=N–C) groups is 2. The maximum absolute atomic E-state index is 11.4. The largest absolute Gasteiger partial charge is 0.369 e. The molecule has 8 nitrogen and oxygen atoms in total. The lowest BCUT2D eigenvalue weighted by Crippen LogP contribution is -2.58. The normalized spacial score (nSPS) is 19.8. The van der Waals surface area contributed by atoms with E-state index < -0.39 is 15.8 Å². The average Bonchev–Trinajstić information content (AvgIpc) is 2.60. The molecule has 1 saturated carbocycles. The van der Waals surface area contributed by atoms with E-state index in [1.807, 2.05) is 17.0 Å². The lowest BCUT2D eigenvalue weighted by Gasteiger charge is -2.45. The first-order valence-electron chi connectivity index (χ1n) is 8.80. The van der Waals surface area contributed by atoms with Gasteiger partial charge in [0, 0.05) is 5.69 Å². The molecule has 5 N–H and O–H groups in total. The highest BCUT2D eigenvalue weighted by atomic mass is 32.2. The van der Waals surface area contributed by atoms with Crippen LogP contribution in [0.3, 0.4) is 0 Å². The standard InChI is InChI=1S/C18H21N5O3S/c19-16-21-17(20)23(18(22-16)8-2-1-3-9-18)14-6-4-13-11-15(27(24,25)26)7-5-12(13)10-14/h4-7,10-11H,1-3,8-9H2,(H,24,25,26)(H4,19,20,21,22). The van der Waals surface area contributed by atoms with Gasteiger partial charge in [0.2, 0.25) is 11.9 Å². The van der Waals surface area contributed by atoms with Crippen LogP contribution < -0.4 is 16.4 Å². The minimum absolute atomic E-state index is 0.136. The van der Waals surface area contributed by atoms with Crippen molar-refractivity contribution in [2.75, 3.05) is 4.90 Å². The number of anilines is 1. The van der Waals surface area contributed by atoms with Crippen molar-refractivity contribution in [1.29, 1.82) is 0 Å². The Bertz CT molecular complexity index is 1070. The van der Waals surface area contributed by atoms with Gasteiger partial charge in [-0.05, 0) is 60.7 Å². The maximum atomic E-state index is 11.4. The quantitative estimate of drug-likeness (QED) is 0.676. The molecule has 9 heteroatoms. The second kappa shape index (κ2) is 6.21. The van der Waals surface area contributed by atoms with Crippen LogP contribution in [-0.4, -0.2) is 30.6 Å². The summed E-state index contributed by atoms with van der Waals surface area (Å²) in [4.78, 5) is 10.6. The van der Waals surface area contributed by atoms with Crippen molar-refractivity contribution in [2.45, 2.75) is 42.7 Å². The molecule has 0 atom stereocenters. The van der Waals surface area contributed by atoms with Gasteiger partial charge in [0.1, 0.15) is 5.66 Å². The van der Waals surface area contributed by atoms with Crippen molar-refractivity contribution in [3.05, 3.63) is 36.4 Å². The Morgan fingerprint density at radius 1 is 1.00 bits per heavy atom. The third-order valence-corrected chi connectivity index (χ3v) is 6.05. The molecule has 2 aromatic carbocycles. The van der Waals surface area contributed by atoms with Crippen LogP contribution in [0.15, 0.2) is 51.3 Å². The predicted molar refractivity (Wildman–Crippen MR) is 105 cm³/mol.